The molecule has 0 amide bonds. The zero-order valence-corrected chi connectivity index (χ0v) is 9.38. The molecular weight excluding hydrogens is 178 g/mol. The topological polar surface area (TPSA) is 41.5 Å². The van der Waals surface area contributed by atoms with Crippen molar-refractivity contribution in [3.8, 4) is 0 Å². The van der Waals surface area contributed by atoms with Gasteiger partial charge in [0.25, 0.3) is 0 Å². The van der Waals surface area contributed by atoms with E-state index in [0.717, 1.165) is 39.0 Å². The van der Waals surface area contributed by atoms with Crippen LogP contribution in [0.5, 0.6) is 0 Å². The molecule has 84 valence electrons. The molecule has 0 aliphatic carbocycles. The van der Waals surface area contributed by atoms with Crippen molar-refractivity contribution in [1.29, 1.82) is 0 Å². The fraction of sp³-hybridized carbons (Fsp3) is 1.00. The van der Waals surface area contributed by atoms with Gasteiger partial charge in [0.1, 0.15) is 0 Å². The summed E-state index contributed by atoms with van der Waals surface area (Å²) in [5.41, 5.74) is 0.362. The first-order chi connectivity index (χ1) is 6.70. The summed E-state index contributed by atoms with van der Waals surface area (Å²) in [6.45, 7) is 7.40. The smallest absolute Gasteiger partial charge is 0.0584 e. The van der Waals surface area contributed by atoms with Gasteiger partial charge in [0.2, 0.25) is 0 Å². The Morgan fingerprint density at radius 3 is 2.57 bits per heavy atom. The summed E-state index contributed by atoms with van der Waals surface area (Å²) in [6, 6.07) is 0.259. The molecule has 2 N–H and O–H groups in total. The van der Waals surface area contributed by atoms with Crippen LogP contribution in [0.3, 0.4) is 0 Å². The maximum atomic E-state index is 9.05. The third-order valence-corrected chi connectivity index (χ3v) is 3.23. The van der Waals surface area contributed by atoms with Gasteiger partial charge in [0.05, 0.1) is 6.61 Å². The highest BCUT2D eigenvalue weighted by Crippen LogP contribution is 2.28. The van der Waals surface area contributed by atoms with Crippen molar-refractivity contribution in [1.82, 2.24) is 5.32 Å². The normalized spacial score (nSPS) is 23.4. The molecule has 14 heavy (non-hydrogen) atoms. The number of aliphatic hydroxyl groups is 1. The fourth-order valence-corrected chi connectivity index (χ4v) is 1.77. The second-order valence-corrected chi connectivity index (χ2v) is 4.59. The van der Waals surface area contributed by atoms with Crippen molar-refractivity contribution in [2.24, 2.45) is 5.41 Å². The average Bonchev–Trinajstić information content (AvgIpc) is 2.20. The monoisotopic (exact) mass is 201 g/mol. The van der Waals surface area contributed by atoms with E-state index in [0.29, 0.717) is 5.41 Å². The molecule has 0 aromatic rings. The van der Waals surface area contributed by atoms with Crippen LogP contribution >= 0.6 is 0 Å². The summed E-state index contributed by atoms with van der Waals surface area (Å²) >= 11 is 0. The van der Waals surface area contributed by atoms with E-state index < -0.39 is 0 Å². The van der Waals surface area contributed by atoms with Crippen LogP contribution < -0.4 is 5.32 Å². The molecule has 1 fully saturated rings. The molecular formula is C11H23NO2. The van der Waals surface area contributed by atoms with Gasteiger partial charge in [-0.2, -0.15) is 0 Å². The van der Waals surface area contributed by atoms with Crippen LogP contribution in [0.4, 0.5) is 0 Å². The Balaban J connectivity index is 2.27. The number of hydrogen-bond acceptors (Lipinski definition) is 3. The van der Waals surface area contributed by atoms with Gasteiger partial charge in [-0.1, -0.05) is 13.8 Å². The lowest BCUT2D eigenvalue weighted by Gasteiger charge is -2.34. The van der Waals surface area contributed by atoms with Crippen LogP contribution in [0.15, 0.2) is 0 Å². The second-order valence-electron chi connectivity index (χ2n) is 4.59. The molecule has 3 heteroatoms. The molecule has 1 saturated heterocycles. The van der Waals surface area contributed by atoms with Gasteiger partial charge < -0.3 is 15.2 Å². The highest BCUT2D eigenvalue weighted by Gasteiger charge is 2.27. The second kappa shape index (κ2) is 5.69. The molecule has 1 aliphatic rings. The van der Waals surface area contributed by atoms with E-state index >= 15 is 0 Å². The Morgan fingerprint density at radius 1 is 1.43 bits per heavy atom. The van der Waals surface area contributed by atoms with Crippen LogP contribution in [0, 0.1) is 5.41 Å². The maximum Gasteiger partial charge on any atom is 0.0584 e. The Morgan fingerprint density at radius 2 is 2.07 bits per heavy atom. The predicted molar refractivity (Wildman–Crippen MR) is 57.3 cm³/mol. The van der Waals surface area contributed by atoms with Crippen molar-refractivity contribution < 1.29 is 9.84 Å². The Labute approximate surface area is 86.8 Å². The maximum absolute atomic E-state index is 9.05. The molecule has 1 heterocycles. The summed E-state index contributed by atoms with van der Waals surface area (Å²) in [7, 11) is 0. The first-order valence-electron chi connectivity index (χ1n) is 5.62. The molecule has 0 aromatic carbocycles. The van der Waals surface area contributed by atoms with Gasteiger partial charge in [0, 0.05) is 25.8 Å². The SMILES string of the molecule is CC[C@H](CO)NCC1(C)CCOCC1. The molecule has 0 aromatic heterocycles. The van der Waals surface area contributed by atoms with Gasteiger partial charge >= 0.3 is 0 Å². The molecule has 0 unspecified atom stereocenters. The van der Waals surface area contributed by atoms with E-state index in [4.69, 9.17) is 9.84 Å². The molecule has 3 nitrogen and oxygen atoms in total. The van der Waals surface area contributed by atoms with Gasteiger partial charge in [0.15, 0.2) is 0 Å². The first kappa shape index (κ1) is 12.0. The summed E-state index contributed by atoms with van der Waals surface area (Å²) in [5.74, 6) is 0. The first-order valence-corrected chi connectivity index (χ1v) is 5.62. The highest BCUT2D eigenvalue weighted by molar-refractivity contribution is 4.81. The standard InChI is InChI=1S/C11H23NO2/c1-3-10(8-13)12-9-11(2)4-6-14-7-5-11/h10,12-13H,3-9H2,1-2H3/t10-/m1/s1. The largest absolute Gasteiger partial charge is 0.395 e. The van der Waals surface area contributed by atoms with Crippen molar-refractivity contribution in [2.45, 2.75) is 39.2 Å². The number of aliphatic hydroxyl groups excluding tert-OH is 1. The third-order valence-electron chi connectivity index (χ3n) is 3.23. The van der Waals surface area contributed by atoms with E-state index in [1.807, 2.05) is 0 Å². The summed E-state index contributed by atoms with van der Waals surface area (Å²) in [5, 5.41) is 12.5. The zero-order chi connectivity index (χ0) is 10.4. The van der Waals surface area contributed by atoms with Gasteiger partial charge in [-0.15, -0.1) is 0 Å². The van der Waals surface area contributed by atoms with E-state index in [9.17, 15) is 0 Å². The van der Waals surface area contributed by atoms with Gasteiger partial charge in [-0.05, 0) is 24.7 Å². The van der Waals surface area contributed by atoms with Crippen molar-refractivity contribution in [3.63, 3.8) is 0 Å². The molecule has 0 radical (unpaired) electrons. The minimum atomic E-state index is 0.239. The lowest BCUT2D eigenvalue weighted by molar-refractivity contribution is 0.0218. The number of rotatable bonds is 5. The number of nitrogens with one attached hydrogen (secondary N) is 1. The highest BCUT2D eigenvalue weighted by atomic mass is 16.5. The van der Waals surface area contributed by atoms with E-state index in [1.54, 1.807) is 0 Å². The zero-order valence-electron chi connectivity index (χ0n) is 9.38. The van der Waals surface area contributed by atoms with Gasteiger partial charge in [-0.25, -0.2) is 0 Å². The van der Waals surface area contributed by atoms with Crippen LogP contribution in [0.1, 0.15) is 33.1 Å². The molecule has 0 spiro atoms. The van der Waals surface area contributed by atoms with E-state index in [2.05, 4.69) is 19.2 Å². The molecule has 1 aliphatic heterocycles. The Kier molecular flexibility index (Phi) is 4.85. The molecule has 1 atom stereocenters. The van der Waals surface area contributed by atoms with E-state index in [1.165, 1.54) is 0 Å². The molecule has 1 rings (SSSR count). The van der Waals surface area contributed by atoms with Crippen molar-refractivity contribution >= 4 is 0 Å². The summed E-state index contributed by atoms with van der Waals surface area (Å²) in [4.78, 5) is 0. The Bertz CT molecular complexity index is 151. The van der Waals surface area contributed by atoms with Crippen LogP contribution in [-0.2, 0) is 4.74 Å². The lowest BCUT2D eigenvalue weighted by atomic mass is 9.82. The average molecular weight is 201 g/mol. The third kappa shape index (κ3) is 3.56. The van der Waals surface area contributed by atoms with E-state index in [-0.39, 0.29) is 12.6 Å². The van der Waals surface area contributed by atoms with Crippen molar-refractivity contribution in [2.75, 3.05) is 26.4 Å². The van der Waals surface area contributed by atoms with Gasteiger partial charge in [-0.3, -0.25) is 0 Å². The number of ether oxygens (including phenoxy) is 1. The van der Waals surface area contributed by atoms with Crippen LogP contribution in [-0.4, -0.2) is 37.5 Å². The van der Waals surface area contributed by atoms with Crippen LogP contribution in [0.2, 0.25) is 0 Å². The minimum absolute atomic E-state index is 0.239. The molecule has 0 saturated carbocycles. The predicted octanol–water partition coefficient (Wildman–Crippen LogP) is 1.16. The summed E-state index contributed by atoms with van der Waals surface area (Å²) in [6.07, 6.45) is 3.24. The molecule has 0 bridgehead atoms. The van der Waals surface area contributed by atoms with Crippen LogP contribution in [0.25, 0.3) is 0 Å². The minimum Gasteiger partial charge on any atom is -0.395 e. The fourth-order valence-electron chi connectivity index (χ4n) is 1.77. The van der Waals surface area contributed by atoms with Crippen molar-refractivity contribution in [3.05, 3.63) is 0 Å². The Hall–Kier alpha value is -0.120. The quantitative estimate of drug-likeness (QED) is 0.701. The number of hydrogen-bond donors (Lipinski definition) is 2. The lowest BCUT2D eigenvalue weighted by Crippen LogP contribution is -2.42. The summed E-state index contributed by atoms with van der Waals surface area (Å²) < 4.78 is 5.35.